The van der Waals surface area contributed by atoms with Gasteiger partial charge in [0.05, 0.1) is 11.3 Å². The van der Waals surface area contributed by atoms with Gasteiger partial charge in [-0.15, -0.1) is 0 Å². The molecule has 2 aromatic rings. The van der Waals surface area contributed by atoms with Gasteiger partial charge in [0.15, 0.2) is 0 Å². The molecule has 0 aromatic heterocycles. The van der Waals surface area contributed by atoms with Crippen LogP contribution in [0.1, 0.15) is 34.3 Å². The van der Waals surface area contributed by atoms with Gasteiger partial charge < -0.3 is 5.32 Å². The first-order chi connectivity index (χ1) is 11.9. The molecule has 6 heteroatoms. The lowest BCUT2D eigenvalue weighted by atomic mass is 10.1. The highest BCUT2D eigenvalue weighted by Gasteiger charge is 2.31. The fourth-order valence-electron chi connectivity index (χ4n) is 2.86. The van der Waals surface area contributed by atoms with E-state index in [2.05, 4.69) is 27.9 Å². The molecule has 5 nitrogen and oxygen atoms in total. The van der Waals surface area contributed by atoms with Crippen LogP contribution in [0.25, 0.3) is 0 Å². The van der Waals surface area contributed by atoms with Gasteiger partial charge in [0.25, 0.3) is 5.91 Å². The van der Waals surface area contributed by atoms with Crippen LogP contribution in [-0.2, 0) is 9.59 Å². The third-order valence-corrected chi connectivity index (χ3v) is 5.71. The van der Waals surface area contributed by atoms with Crippen molar-refractivity contribution >= 4 is 51.7 Å². The van der Waals surface area contributed by atoms with E-state index >= 15 is 0 Å². The monoisotopic (exact) mass is 448 g/mol. The van der Waals surface area contributed by atoms with E-state index in [-0.39, 0.29) is 30.6 Å². The molecule has 3 amide bonds. The van der Waals surface area contributed by atoms with Gasteiger partial charge >= 0.3 is 0 Å². The van der Waals surface area contributed by atoms with Crippen LogP contribution in [0.3, 0.4) is 0 Å². The maximum Gasteiger partial charge on any atom is 0.256 e. The molecule has 0 bridgehead atoms. The molecule has 0 atom stereocenters. The number of nitrogens with one attached hydrogen (secondary N) is 1. The number of nitrogens with zero attached hydrogens (tertiary/aromatic N) is 1. The fourth-order valence-corrected chi connectivity index (χ4v) is 3.46. The summed E-state index contributed by atoms with van der Waals surface area (Å²) in [4.78, 5) is 37.8. The average molecular weight is 448 g/mol. The zero-order chi connectivity index (χ0) is 18.1. The van der Waals surface area contributed by atoms with Crippen molar-refractivity contribution in [1.29, 1.82) is 0 Å². The predicted molar refractivity (Wildman–Crippen MR) is 105 cm³/mol. The Morgan fingerprint density at radius 2 is 1.68 bits per heavy atom. The Morgan fingerprint density at radius 3 is 2.36 bits per heavy atom. The van der Waals surface area contributed by atoms with Gasteiger partial charge in [0, 0.05) is 22.1 Å². The number of imide groups is 1. The minimum absolute atomic E-state index is 0.204. The molecule has 0 radical (unpaired) electrons. The first kappa shape index (κ1) is 17.6. The van der Waals surface area contributed by atoms with Gasteiger partial charge in [0.2, 0.25) is 11.8 Å². The molecule has 1 saturated heterocycles. The smallest absolute Gasteiger partial charge is 0.256 e. The second kappa shape index (κ2) is 6.95. The van der Waals surface area contributed by atoms with E-state index in [1.807, 2.05) is 19.1 Å². The Bertz CT molecular complexity index is 876. The zero-order valence-corrected chi connectivity index (χ0v) is 16.1. The third-order valence-electron chi connectivity index (χ3n) is 4.28. The maximum absolute atomic E-state index is 12.6. The summed E-state index contributed by atoms with van der Waals surface area (Å²) in [6.07, 6.45) is 0.465. The quantitative estimate of drug-likeness (QED) is 0.574. The first-order valence-corrected chi connectivity index (χ1v) is 9.00. The second-order valence-corrected chi connectivity index (χ2v) is 7.04. The summed E-state index contributed by atoms with van der Waals surface area (Å²) in [6, 6.07) is 10.8. The van der Waals surface area contributed by atoms with E-state index in [4.69, 9.17) is 0 Å². The highest BCUT2D eigenvalue weighted by molar-refractivity contribution is 14.1. The number of hydrogen-bond acceptors (Lipinski definition) is 3. The minimum Gasteiger partial charge on any atom is -0.322 e. The van der Waals surface area contributed by atoms with E-state index in [0.717, 1.165) is 9.13 Å². The number of anilines is 2. The SMILES string of the molecule is Cc1cccc(C(=O)Nc2cccc(N3C(=O)CCC3=O)c2C)c1I. The lowest BCUT2D eigenvalue weighted by Crippen LogP contribution is -2.29. The first-order valence-electron chi connectivity index (χ1n) is 7.92. The van der Waals surface area contributed by atoms with E-state index < -0.39 is 0 Å². The van der Waals surface area contributed by atoms with Crippen LogP contribution in [0.2, 0.25) is 0 Å². The lowest BCUT2D eigenvalue weighted by molar-refractivity contribution is -0.121. The molecule has 0 spiro atoms. The molecule has 0 unspecified atom stereocenters. The molecule has 128 valence electrons. The van der Waals surface area contributed by atoms with Crippen molar-refractivity contribution < 1.29 is 14.4 Å². The number of aryl methyl sites for hydroxylation is 1. The summed E-state index contributed by atoms with van der Waals surface area (Å²) in [5.74, 6) is -0.623. The predicted octanol–water partition coefficient (Wildman–Crippen LogP) is 3.81. The largest absolute Gasteiger partial charge is 0.322 e. The number of hydrogen-bond donors (Lipinski definition) is 1. The van der Waals surface area contributed by atoms with Crippen molar-refractivity contribution in [2.24, 2.45) is 0 Å². The Kier molecular flexibility index (Phi) is 4.89. The van der Waals surface area contributed by atoms with Crippen LogP contribution in [0.4, 0.5) is 11.4 Å². The molecule has 3 rings (SSSR count). The Balaban J connectivity index is 1.93. The van der Waals surface area contributed by atoms with Crippen LogP contribution in [0, 0.1) is 17.4 Å². The minimum atomic E-state index is -0.215. The molecule has 2 aromatic carbocycles. The molecule has 0 saturated carbocycles. The molecule has 1 aliphatic rings. The number of carbonyl (C=O) groups excluding carboxylic acids is 3. The average Bonchev–Trinajstić information content (AvgIpc) is 2.91. The van der Waals surface area contributed by atoms with E-state index in [0.29, 0.717) is 22.5 Å². The summed E-state index contributed by atoms with van der Waals surface area (Å²) < 4.78 is 0.899. The summed E-state index contributed by atoms with van der Waals surface area (Å²) >= 11 is 2.16. The zero-order valence-electron chi connectivity index (χ0n) is 13.9. The van der Waals surface area contributed by atoms with Gasteiger partial charge in [-0.2, -0.15) is 0 Å². The van der Waals surface area contributed by atoms with Gasteiger partial charge in [-0.1, -0.05) is 18.2 Å². The van der Waals surface area contributed by atoms with E-state index in [9.17, 15) is 14.4 Å². The van der Waals surface area contributed by atoms with Crippen LogP contribution >= 0.6 is 22.6 Å². The fraction of sp³-hybridized carbons (Fsp3) is 0.211. The van der Waals surface area contributed by atoms with Crippen LogP contribution in [-0.4, -0.2) is 17.7 Å². The topological polar surface area (TPSA) is 66.5 Å². The summed E-state index contributed by atoms with van der Waals surface area (Å²) in [5, 5.41) is 2.90. The van der Waals surface area contributed by atoms with Gasteiger partial charge in [-0.05, 0) is 65.8 Å². The third kappa shape index (κ3) is 3.30. The Labute approximate surface area is 159 Å². The van der Waals surface area contributed by atoms with E-state index in [1.54, 1.807) is 31.2 Å². The summed E-state index contributed by atoms with van der Waals surface area (Å²) in [5.41, 5.74) is 3.45. The maximum atomic E-state index is 12.6. The summed E-state index contributed by atoms with van der Waals surface area (Å²) in [6.45, 7) is 3.75. The molecule has 1 aliphatic heterocycles. The van der Waals surface area contributed by atoms with E-state index in [1.165, 1.54) is 4.90 Å². The van der Waals surface area contributed by atoms with Crippen molar-refractivity contribution in [3.8, 4) is 0 Å². The Morgan fingerprint density at radius 1 is 1.04 bits per heavy atom. The number of amides is 3. The van der Waals surface area contributed by atoms with Gasteiger partial charge in [-0.3, -0.25) is 19.3 Å². The second-order valence-electron chi connectivity index (χ2n) is 5.96. The van der Waals surface area contributed by atoms with Crippen molar-refractivity contribution in [3.05, 3.63) is 56.7 Å². The number of carbonyl (C=O) groups is 3. The molecule has 1 heterocycles. The highest BCUT2D eigenvalue weighted by Crippen LogP contribution is 2.31. The molecular weight excluding hydrogens is 431 g/mol. The highest BCUT2D eigenvalue weighted by atomic mass is 127. The standard InChI is InChI=1S/C19H17IN2O3/c1-11-5-3-6-13(18(11)20)19(25)21-14-7-4-8-15(12(14)2)22-16(23)9-10-17(22)24/h3-8H,9-10H2,1-2H3,(H,21,25). The van der Waals surface area contributed by atoms with Crippen LogP contribution in [0.5, 0.6) is 0 Å². The van der Waals surface area contributed by atoms with Crippen LogP contribution in [0.15, 0.2) is 36.4 Å². The van der Waals surface area contributed by atoms with Crippen LogP contribution < -0.4 is 10.2 Å². The molecule has 25 heavy (non-hydrogen) atoms. The Hall–Kier alpha value is -2.22. The van der Waals surface area contributed by atoms with Crippen molar-refractivity contribution in [2.45, 2.75) is 26.7 Å². The van der Waals surface area contributed by atoms with Crippen molar-refractivity contribution in [2.75, 3.05) is 10.2 Å². The number of benzene rings is 2. The van der Waals surface area contributed by atoms with Crippen molar-refractivity contribution in [3.63, 3.8) is 0 Å². The normalized spacial score (nSPS) is 14.1. The number of rotatable bonds is 3. The summed E-state index contributed by atoms with van der Waals surface area (Å²) in [7, 11) is 0. The molecular formula is C19H17IN2O3. The molecule has 1 fully saturated rings. The molecule has 1 N–H and O–H groups in total. The van der Waals surface area contributed by atoms with Gasteiger partial charge in [0.1, 0.15) is 0 Å². The van der Waals surface area contributed by atoms with Crippen molar-refractivity contribution in [1.82, 2.24) is 0 Å². The van der Waals surface area contributed by atoms with Gasteiger partial charge in [-0.25, -0.2) is 0 Å². The molecule has 0 aliphatic carbocycles. The lowest BCUT2D eigenvalue weighted by Gasteiger charge is -2.19. The number of halogens is 1.